The number of aliphatic hydroxyl groups excluding tert-OH is 1. The monoisotopic (exact) mass is 258 g/mol. The predicted octanol–water partition coefficient (Wildman–Crippen LogP) is 1.10. The smallest absolute Gasteiger partial charge is 0.104 e. The lowest BCUT2D eigenvalue weighted by molar-refractivity contribution is 0.0171. The van der Waals surface area contributed by atoms with Crippen LogP contribution in [0.15, 0.2) is 0 Å². The number of hydrogen-bond acceptors (Lipinski definition) is 5. The van der Waals surface area contributed by atoms with Gasteiger partial charge in [-0.3, -0.25) is 0 Å². The maximum absolute atomic E-state index is 9.74. The molecule has 0 aliphatic carbocycles. The van der Waals surface area contributed by atoms with E-state index in [0.717, 1.165) is 25.9 Å². The van der Waals surface area contributed by atoms with Crippen LogP contribution >= 0.6 is 11.8 Å². The van der Waals surface area contributed by atoms with Gasteiger partial charge in [-0.05, 0) is 26.0 Å². The van der Waals surface area contributed by atoms with Crippen LogP contribution in [0.1, 0.15) is 19.8 Å². The Balaban J connectivity index is 2.30. The minimum absolute atomic E-state index is 0.207. The van der Waals surface area contributed by atoms with Crippen molar-refractivity contribution in [1.82, 2.24) is 4.90 Å². The van der Waals surface area contributed by atoms with Gasteiger partial charge in [-0.25, -0.2) is 0 Å². The van der Waals surface area contributed by atoms with Gasteiger partial charge in [0, 0.05) is 26.2 Å². The average molecular weight is 258 g/mol. The molecule has 1 atom stereocenters. The number of ether oxygens (including phenoxy) is 1. The standard InChI is InChI=1S/C12H22N2O2S/c1-3-16-9-11(15)8-14-6-4-12(10-13,17-2)5-7-14/h11,15H,3-9H2,1-2H3. The highest BCUT2D eigenvalue weighted by atomic mass is 32.2. The van der Waals surface area contributed by atoms with E-state index >= 15 is 0 Å². The lowest BCUT2D eigenvalue weighted by Gasteiger charge is -2.36. The second kappa shape index (κ2) is 7.22. The molecular weight excluding hydrogens is 236 g/mol. The molecule has 98 valence electrons. The summed E-state index contributed by atoms with van der Waals surface area (Å²) in [4.78, 5) is 2.22. The number of nitrogens with zero attached hydrogens (tertiary/aromatic N) is 2. The molecule has 4 nitrogen and oxygen atoms in total. The summed E-state index contributed by atoms with van der Waals surface area (Å²) in [5.41, 5.74) is 0. The number of nitriles is 1. The zero-order valence-electron chi connectivity index (χ0n) is 10.7. The van der Waals surface area contributed by atoms with Crippen molar-refractivity contribution >= 4 is 11.8 Å². The van der Waals surface area contributed by atoms with E-state index in [9.17, 15) is 5.11 Å². The molecule has 0 aromatic heterocycles. The number of rotatable bonds is 6. The number of piperidine rings is 1. The number of hydrogen-bond donors (Lipinski definition) is 1. The maximum Gasteiger partial charge on any atom is 0.104 e. The van der Waals surface area contributed by atoms with Crippen molar-refractivity contribution in [2.75, 3.05) is 39.1 Å². The first-order valence-corrected chi connectivity index (χ1v) is 7.33. The molecule has 1 N–H and O–H groups in total. The summed E-state index contributed by atoms with van der Waals surface area (Å²) in [6.07, 6.45) is 3.35. The molecule has 0 aromatic carbocycles. The fraction of sp³-hybridized carbons (Fsp3) is 0.917. The van der Waals surface area contributed by atoms with Gasteiger partial charge in [-0.1, -0.05) is 0 Å². The second-order valence-corrected chi connectivity index (χ2v) is 5.61. The molecule has 1 heterocycles. The first kappa shape index (κ1) is 14.8. The second-order valence-electron chi connectivity index (χ2n) is 4.42. The van der Waals surface area contributed by atoms with Crippen LogP contribution in [0, 0.1) is 11.3 Å². The van der Waals surface area contributed by atoms with E-state index < -0.39 is 6.10 Å². The van der Waals surface area contributed by atoms with Gasteiger partial charge in [0.1, 0.15) is 4.75 Å². The van der Waals surface area contributed by atoms with Crippen molar-refractivity contribution in [2.24, 2.45) is 0 Å². The molecule has 0 radical (unpaired) electrons. The largest absolute Gasteiger partial charge is 0.389 e. The lowest BCUT2D eigenvalue weighted by Crippen LogP contribution is -2.45. The van der Waals surface area contributed by atoms with Crippen molar-refractivity contribution in [3.05, 3.63) is 0 Å². The summed E-state index contributed by atoms with van der Waals surface area (Å²) < 4.78 is 4.98. The quantitative estimate of drug-likeness (QED) is 0.773. The Hall–Kier alpha value is -0.280. The van der Waals surface area contributed by atoms with Crippen LogP contribution in [0.25, 0.3) is 0 Å². The van der Waals surface area contributed by atoms with Crippen molar-refractivity contribution in [2.45, 2.75) is 30.6 Å². The molecule has 0 aromatic rings. The summed E-state index contributed by atoms with van der Waals surface area (Å²) in [7, 11) is 0. The zero-order valence-corrected chi connectivity index (χ0v) is 11.5. The number of β-amino-alcohol motifs (C(OH)–C–C–N with tert-alkyl or cyclic N) is 1. The van der Waals surface area contributed by atoms with Gasteiger partial charge < -0.3 is 14.7 Å². The van der Waals surface area contributed by atoms with Crippen LogP contribution in [-0.2, 0) is 4.74 Å². The summed E-state index contributed by atoms with van der Waals surface area (Å²) in [6.45, 7) is 5.39. The van der Waals surface area contributed by atoms with Crippen LogP contribution in [0.3, 0.4) is 0 Å². The minimum Gasteiger partial charge on any atom is -0.389 e. The Morgan fingerprint density at radius 3 is 2.65 bits per heavy atom. The molecule has 17 heavy (non-hydrogen) atoms. The third-order valence-electron chi connectivity index (χ3n) is 3.24. The molecule has 0 saturated carbocycles. The molecule has 1 aliphatic heterocycles. The molecule has 1 rings (SSSR count). The van der Waals surface area contributed by atoms with Crippen LogP contribution in [0.4, 0.5) is 0 Å². The van der Waals surface area contributed by atoms with Gasteiger partial charge in [0.05, 0.1) is 18.8 Å². The summed E-state index contributed by atoms with van der Waals surface area (Å²) >= 11 is 1.65. The molecule has 1 saturated heterocycles. The Bertz CT molecular complexity index is 260. The average Bonchev–Trinajstić information content (AvgIpc) is 2.38. The summed E-state index contributed by atoms with van der Waals surface area (Å²) in [5.74, 6) is 0. The van der Waals surface area contributed by atoms with E-state index in [4.69, 9.17) is 10.00 Å². The number of likely N-dealkylation sites (tertiary alicyclic amines) is 1. The van der Waals surface area contributed by atoms with Crippen LogP contribution in [0.2, 0.25) is 0 Å². The first-order chi connectivity index (χ1) is 8.15. The van der Waals surface area contributed by atoms with E-state index in [0.29, 0.717) is 19.8 Å². The van der Waals surface area contributed by atoms with Crippen molar-refractivity contribution in [1.29, 1.82) is 5.26 Å². The molecule has 0 bridgehead atoms. The number of aliphatic hydroxyl groups is 1. The molecular formula is C12H22N2O2S. The highest BCUT2D eigenvalue weighted by Gasteiger charge is 2.34. The molecule has 1 aliphatic rings. The van der Waals surface area contributed by atoms with E-state index in [-0.39, 0.29) is 4.75 Å². The zero-order chi connectivity index (χ0) is 12.7. The fourth-order valence-electron chi connectivity index (χ4n) is 2.06. The Morgan fingerprint density at radius 2 is 2.18 bits per heavy atom. The van der Waals surface area contributed by atoms with Gasteiger partial charge in [0.15, 0.2) is 0 Å². The van der Waals surface area contributed by atoms with Crippen molar-refractivity contribution in [3.8, 4) is 6.07 Å². The predicted molar refractivity (Wildman–Crippen MR) is 70.0 cm³/mol. The summed E-state index contributed by atoms with van der Waals surface area (Å²) in [6, 6.07) is 2.42. The molecule has 5 heteroatoms. The minimum atomic E-state index is -0.418. The van der Waals surface area contributed by atoms with E-state index in [1.807, 2.05) is 13.2 Å². The van der Waals surface area contributed by atoms with Gasteiger partial charge in [-0.2, -0.15) is 5.26 Å². The fourth-order valence-corrected chi connectivity index (χ4v) is 2.75. The normalized spacial score (nSPS) is 22.0. The lowest BCUT2D eigenvalue weighted by atomic mass is 9.97. The SMILES string of the molecule is CCOCC(O)CN1CCC(C#N)(SC)CC1. The van der Waals surface area contributed by atoms with Crippen LogP contribution < -0.4 is 0 Å². The number of thioether (sulfide) groups is 1. The van der Waals surface area contributed by atoms with Gasteiger partial charge in [0.25, 0.3) is 0 Å². The van der Waals surface area contributed by atoms with Crippen molar-refractivity contribution in [3.63, 3.8) is 0 Å². The highest BCUT2D eigenvalue weighted by Crippen LogP contribution is 2.33. The van der Waals surface area contributed by atoms with Crippen LogP contribution in [0.5, 0.6) is 0 Å². The summed E-state index contributed by atoms with van der Waals surface area (Å²) in [5, 5.41) is 18.9. The third-order valence-corrected chi connectivity index (χ3v) is 4.52. The van der Waals surface area contributed by atoms with E-state index in [2.05, 4.69) is 11.0 Å². The molecule has 0 amide bonds. The third kappa shape index (κ3) is 4.47. The molecule has 0 spiro atoms. The van der Waals surface area contributed by atoms with Crippen LogP contribution in [-0.4, -0.2) is 60.0 Å². The van der Waals surface area contributed by atoms with Crippen molar-refractivity contribution < 1.29 is 9.84 Å². The highest BCUT2D eigenvalue weighted by molar-refractivity contribution is 8.00. The first-order valence-electron chi connectivity index (χ1n) is 6.10. The van der Waals surface area contributed by atoms with Gasteiger partial charge in [-0.15, -0.1) is 11.8 Å². The topological polar surface area (TPSA) is 56.5 Å². The van der Waals surface area contributed by atoms with E-state index in [1.165, 1.54) is 0 Å². The Labute approximate surface area is 108 Å². The van der Waals surface area contributed by atoms with Gasteiger partial charge in [0.2, 0.25) is 0 Å². The maximum atomic E-state index is 9.74. The van der Waals surface area contributed by atoms with Gasteiger partial charge >= 0.3 is 0 Å². The Kier molecular flexibility index (Phi) is 6.28. The van der Waals surface area contributed by atoms with E-state index in [1.54, 1.807) is 11.8 Å². The Morgan fingerprint density at radius 1 is 1.53 bits per heavy atom. The molecule has 1 unspecified atom stereocenters. The molecule has 1 fully saturated rings.